The molecule has 1 atom stereocenters. The molecule has 2 rings (SSSR count). The second-order valence-corrected chi connectivity index (χ2v) is 5.68. The Bertz CT molecular complexity index is 541. The van der Waals surface area contributed by atoms with Gasteiger partial charge in [-0.25, -0.2) is 14.4 Å². The van der Waals surface area contributed by atoms with Gasteiger partial charge in [0.1, 0.15) is 11.6 Å². The van der Waals surface area contributed by atoms with Gasteiger partial charge in [0.05, 0.1) is 6.04 Å². The lowest BCUT2D eigenvalue weighted by molar-refractivity contribution is 0.315. The Labute approximate surface area is 112 Å². The third kappa shape index (κ3) is 3.15. The Morgan fingerprint density at radius 1 is 1.00 bits per heavy atom. The van der Waals surface area contributed by atoms with Crippen LogP contribution >= 0.6 is 0 Å². The molecule has 0 aliphatic carbocycles. The molecule has 0 saturated carbocycles. The fourth-order valence-corrected chi connectivity index (χ4v) is 1.68. The lowest BCUT2D eigenvalue weighted by atomic mass is 9.87. The molecule has 1 unspecified atom stereocenters. The highest BCUT2D eigenvalue weighted by molar-refractivity contribution is 5.61. The first-order chi connectivity index (χ1) is 8.88. The average molecular weight is 259 g/mol. The van der Waals surface area contributed by atoms with Gasteiger partial charge in [-0.15, -0.1) is 0 Å². The van der Waals surface area contributed by atoms with Crippen LogP contribution in [0.5, 0.6) is 0 Å². The maximum absolute atomic E-state index is 12.9. The summed E-state index contributed by atoms with van der Waals surface area (Å²) in [6, 6.07) is 6.04. The van der Waals surface area contributed by atoms with Gasteiger partial charge >= 0.3 is 0 Å². The summed E-state index contributed by atoms with van der Waals surface area (Å²) in [5, 5.41) is 0. The van der Waals surface area contributed by atoms with Crippen LogP contribution in [0.3, 0.4) is 0 Å². The van der Waals surface area contributed by atoms with E-state index in [1.807, 2.05) is 0 Å². The molecule has 1 heterocycles. The minimum atomic E-state index is -0.254. The molecule has 100 valence electrons. The molecule has 2 N–H and O–H groups in total. The van der Waals surface area contributed by atoms with Crippen LogP contribution in [0.1, 0.15) is 32.6 Å². The topological polar surface area (TPSA) is 51.8 Å². The predicted molar refractivity (Wildman–Crippen MR) is 73.8 cm³/mol. The average Bonchev–Trinajstić information content (AvgIpc) is 2.38. The predicted octanol–water partition coefficient (Wildman–Crippen LogP) is 3.33. The van der Waals surface area contributed by atoms with Crippen molar-refractivity contribution < 1.29 is 4.39 Å². The number of aromatic nitrogens is 2. The van der Waals surface area contributed by atoms with E-state index in [2.05, 4.69) is 30.7 Å². The van der Waals surface area contributed by atoms with Crippen molar-refractivity contribution in [2.45, 2.75) is 26.8 Å². The SMILES string of the molecule is CC(C)(C)C(N)c1ncc(-c2ccc(F)cc2)cn1. The van der Waals surface area contributed by atoms with E-state index in [1.165, 1.54) is 12.1 Å². The van der Waals surface area contributed by atoms with Gasteiger partial charge in [0.2, 0.25) is 0 Å². The molecule has 3 nitrogen and oxygen atoms in total. The van der Waals surface area contributed by atoms with Crippen LogP contribution in [-0.2, 0) is 0 Å². The molecule has 0 aliphatic rings. The Hall–Kier alpha value is -1.81. The molecule has 2 aromatic rings. The number of rotatable bonds is 2. The summed E-state index contributed by atoms with van der Waals surface area (Å²) in [6.07, 6.45) is 3.45. The van der Waals surface area contributed by atoms with Crippen molar-refractivity contribution in [3.8, 4) is 11.1 Å². The molecule has 0 spiro atoms. The summed E-state index contributed by atoms with van der Waals surface area (Å²) >= 11 is 0. The third-order valence-corrected chi connectivity index (χ3v) is 3.06. The summed E-state index contributed by atoms with van der Waals surface area (Å²) in [5.41, 5.74) is 7.76. The van der Waals surface area contributed by atoms with E-state index in [0.717, 1.165) is 11.1 Å². The Morgan fingerprint density at radius 2 is 1.53 bits per heavy atom. The van der Waals surface area contributed by atoms with E-state index < -0.39 is 0 Å². The molecular formula is C15H18FN3. The van der Waals surface area contributed by atoms with Crippen molar-refractivity contribution in [1.29, 1.82) is 0 Å². The molecule has 0 fully saturated rings. The van der Waals surface area contributed by atoms with Crippen LogP contribution in [0.25, 0.3) is 11.1 Å². The largest absolute Gasteiger partial charge is 0.321 e. The molecule has 0 aliphatic heterocycles. The molecule has 4 heteroatoms. The molecular weight excluding hydrogens is 241 g/mol. The lowest BCUT2D eigenvalue weighted by Gasteiger charge is -2.25. The molecule has 19 heavy (non-hydrogen) atoms. The van der Waals surface area contributed by atoms with Gasteiger partial charge < -0.3 is 5.73 Å². The maximum Gasteiger partial charge on any atom is 0.145 e. The van der Waals surface area contributed by atoms with Gasteiger partial charge in [0, 0.05) is 18.0 Å². The second-order valence-electron chi connectivity index (χ2n) is 5.68. The van der Waals surface area contributed by atoms with E-state index in [-0.39, 0.29) is 17.3 Å². The normalized spacial score (nSPS) is 13.3. The second kappa shape index (κ2) is 5.05. The zero-order valence-corrected chi connectivity index (χ0v) is 11.4. The maximum atomic E-state index is 12.9. The molecule has 1 aromatic carbocycles. The quantitative estimate of drug-likeness (QED) is 0.900. The smallest absolute Gasteiger partial charge is 0.145 e. The fourth-order valence-electron chi connectivity index (χ4n) is 1.68. The minimum absolute atomic E-state index is 0.0859. The van der Waals surface area contributed by atoms with Crippen molar-refractivity contribution >= 4 is 0 Å². The highest BCUT2D eigenvalue weighted by Gasteiger charge is 2.24. The molecule has 0 amide bonds. The number of benzene rings is 1. The summed E-state index contributed by atoms with van der Waals surface area (Å²) in [5.74, 6) is 0.370. The van der Waals surface area contributed by atoms with E-state index in [9.17, 15) is 4.39 Å². The zero-order valence-electron chi connectivity index (χ0n) is 11.4. The first kappa shape index (κ1) is 13.6. The third-order valence-electron chi connectivity index (χ3n) is 3.06. The molecule has 1 aromatic heterocycles. The van der Waals surface area contributed by atoms with Crippen molar-refractivity contribution in [2.24, 2.45) is 11.1 Å². The molecule has 0 saturated heterocycles. The highest BCUT2D eigenvalue weighted by Crippen LogP contribution is 2.28. The van der Waals surface area contributed by atoms with Crippen LogP contribution in [0.2, 0.25) is 0 Å². The molecule has 0 bridgehead atoms. The molecule has 0 radical (unpaired) electrons. The summed E-state index contributed by atoms with van der Waals surface area (Å²) < 4.78 is 12.9. The van der Waals surface area contributed by atoms with Gasteiger partial charge in [0.25, 0.3) is 0 Å². The van der Waals surface area contributed by atoms with Gasteiger partial charge in [-0.3, -0.25) is 0 Å². The first-order valence-corrected chi connectivity index (χ1v) is 6.21. The Morgan fingerprint density at radius 3 is 2.00 bits per heavy atom. The zero-order chi connectivity index (χ0) is 14.0. The first-order valence-electron chi connectivity index (χ1n) is 6.21. The van der Waals surface area contributed by atoms with Crippen molar-refractivity contribution in [1.82, 2.24) is 9.97 Å². The van der Waals surface area contributed by atoms with Crippen LogP contribution in [-0.4, -0.2) is 9.97 Å². The van der Waals surface area contributed by atoms with Gasteiger partial charge in [0.15, 0.2) is 0 Å². The van der Waals surface area contributed by atoms with E-state index >= 15 is 0 Å². The van der Waals surface area contributed by atoms with Crippen molar-refractivity contribution in [2.75, 3.05) is 0 Å². The van der Waals surface area contributed by atoms with Crippen LogP contribution in [0.4, 0.5) is 4.39 Å². The summed E-state index contributed by atoms with van der Waals surface area (Å²) in [6.45, 7) is 6.15. The highest BCUT2D eigenvalue weighted by atomic mass is 19.1. The number of hydrogen-bond acceptors (Lipinski definition) is 3. The summed E-state index contributed by atoms with van der Waals surface area (Å²) in [7, 11) is 0. The van der Waals surface area contributed by atoms with Gasteiger partial charge in [-0.05, 0) is 23.1 Å². The monoisotopic (exact) mass is 259 g/mol. The van der Waals surface area contributed by atoms with E-state index in [0.29, 0.717) is 5.82 Å². The van der Waals surface area contributed by atoms with Crippen LogP contribution in [0.15, 0.2) is 36.7 Å². The number of nitrogens with zero attached hydrogens (tertiary/aromatic N) is 2. The standard InChI is InChI=1S/C15H18FN3/c1-15(2,3)13(17)14-18-8-11(9-19-14)10-4-6-12(16)7-5-10/h4-9,13H,17H2,1-3H3. The van der Waals surface area contributed by atoms with Crippen LogP contribution in [0, 0.1) is 11.2 Å². The van der Waals surface area contributed by atoms with Crippen molar-refractivity contribution in [3.05, 3.63) is 48.3 Å². The Kier molecular flexibility index (Phi) is 3.62. The van der Waals surface area contributed by atoms with E-state index in [4.69, 9.17) is 5.73 Å². The number of halogens is 1. The van der Waals surface area contributed by atoms with Gasteiger partial charge in [-0.1, -0.05) is 32.9 Å². The number of hydrogen-bond donors (Lipinski definition) is 1. The minimum Gasteiger partial charge on any atom is -0.321 e. The van der Waals surface area contributed by atoms with Crippen molar-refractivity contribution in [3.63, 3.8) is 0 Å². The van der Waals surface area contributed by atoms with E-state index in [1.54, 1.807) is 24.5 Å². The van der Waals surface area contributed by atoms with Gasteiger partial charge in [-0.2, -0.15) is 0 Å². The lowest BCUT2D eigenvalue weighted by Crippen LogP contribution is -2.28. The number of nitrogens with two attached hydrogens (primary N) is 1. The fraction of sp³-hybridized carbons (Fsp3) is 0.333. The summed E-state index contributed by atoms with van der Waals surface area (Å²) in [4.78, 5) is 8.63. The Balaban J connectivity index is 2.26. The van der Waals surface area contributed by atoms with Crippen LogP contribution < -0.4 is 5.73 Å².